The number of rotatable bonds is 38. The number of unbranched alkanes of at least 4 members (excludes halogenated alkanes) is 19. The minimum atomic E-state index is -0.266. The molecule has 3 aromatic heterocycles. The Labute approximate surface area is 535 Å². The minimum Gasteiger partial charge on any atom is -0.340 e. The van der Waals surface area contributed by atoms with Crippen LogP contribution < -0.4 is 0 Å². The molecule has 2 atom stereocenters. The van der Waals surface area contributed by atoms with E-state index in [2.05, 4.69) is 158 Å². The first-order valence-electron chi connectivity index (χ1n) is 34.6. The Morgan fingerprint density at radius 1 is 0.494 bits per heavy atom. The second kappa shape index (κ2) is 33.9. The monoisotopic (exact) mass is 1210 g/mol. The number of benzene rings is 2. The molecule has 2 aliphatic rings. The zero-order chi connectivity index (χ0) is 62.5. The molecule has 0 fully saturated rings. The number of hydrogen-bond acceptors (Lipinski definition) is 6. The number of carbonyl (C=O) groups is 2. The van der Waals surface area contributed by atoms with Crippen molar-refractivity contribution in [1.29, 1.82) is 10.5 Å². The van der Waals surface area contributed by atoms with Crippen molar-refractivity contribution in [3.05, 3.63) is 108 Å². The van der Waals surface area contributed by atoms with Gasteiger partial charge in [-0.1, -0.05) is 248 Å². The van der Waals surface area contributed by atoms with E-state index >= 15 is 9.59 Å². The average molecular weight is 1210 g/mol. The molecule has 0 N–H and O–H groups in total. The van der Waals surface area contributed by atoms with Crippen LogP contribution in [0.2, 0.25) is 0 Å². The molecule has 2 unspecified atom stereocenters. The van der Waals surface area contributed by atoms with Crippen LogP contribution in [0.25, 0.3) is 50.9 Å². The topological polar surface area (TPSA) is 93.1 Å². The van der Waals surface area contributed by atoms with Crippen LogP contribution in [-0.4, -0.2) is 39.3 Å². The molecule has 9 heteroatoms. The SMILES string of the molecule is CCCCCCCCC(CCCCCC)CN1C(=O)C2=C(c3ccc(C(C)(C)C)s3)N(CC(CCCCCC)CCCCCCCC)C(=O)C2=C1c1ccc(/C(C#N)=C/c2ccc3c4ccc(/C=C(\C#N)C(C)(C)C)cc4n(CCCCCC)c3c2)s1. The van der Waals surface area contributed by atoms with Gasteiger partial charge in [-0.15, -0.1) is 22.7 Å². The van der Waals surface area contributed by atoms with Gasteiger partial charge in [-0.05, 0) is 114 Å². The van der Waals surface area contributed by atoms with E-state index in [4.69, 9.17) is 0 Å². The summed E-state index contributed by atoms with van der Waals surface area (Å²) in [4.78, 5) is 40.2. The minimum absolute atomic E-state index is 0.0410. The van der Waals surface area contributed by atoms with Crippen molar-refractivity contribution in [3.63, 3.8) is 0 Å². The summed E-state index contributed by atoms with van der Waals surface area (Å²) < 4.78 is 2.45. The predicted molar refractivity (Wildman–Crippen MR) is 375 cm³/mol. The van der Waals surface area contributed by atoms with E-state index < -0.39 is 0 Å². The second-order valence-electron chi connectivity index (χ2n) is 27.8. The Kier molecular flexibility index (Phi) is 26.9. The van der Waals surface area contributed by atoms with Gasteiger partial charge in [0.1, 0.15) is 6.07 Å². The number of amides is 2. The summed E-state index contributed by atoms with van der Waals surface area (Å²) >= 11 is 3.29. The smallest absolute Gasteiger partial charge is 0.261 e. The van der Waals surface area contributed by atoms with Crippen LogP contribution in [-0.2, 0) is 21.5 Å². The first kappa shape index (κ1) is 69.0. The fraction of sp³-hybridized carbons (Fsp3) is 0.590. The summed E-state index contributed by atoms with van der Waals surface area (Å²) in [6.07, 6.45) is 37.1. The van der Waals surface area contributed by atoms with Crippen LogP contribution in [0.15, 0.2) is 77.4 Å². The number of fused-ring (bicyclic) bond motifs is 4. The molecule has 5 aromatic rings. The molecular formula is C78H109N5O2S2. The summed E-state index contributed by atoms with van der Waals surface area (Å²) in [6, 6.07) is 26.8. The average Bonchev–Trinajstić information content (AvgIpc) is 1.60. The first-order valence-corrected chi connectivity index (χ1v) is 36.3. The lowest BCUT2D eigenvalue weighted by Crippen LogP contribution is -2.34. The lowest BCUT2D eigenvalue weighted by molar-refractivity contribution is -0.124. The molecule has 87 heavy (non-hydrogen) atoms. The van der Waals surface area contributed by atoms with E-state index in [1.54, 1.807) is 22.7 Å². The van der Waals surface area contributed by atoms with Gasteiger partial charge in [0, 0.05) is 56.8 Å². The van der Waals surface area contributed by atoms with Gasteiger partial charge in [0.15, 0.2) is 0 Å². The molecule has 0 saturated carbocycles. The van der Waals surface area contributed by atoms with Crippen molar-refractivity contribution < 1.29 is 9.59 Å². The van der Waals surface area contributed by atoms with Gasteiger partial charge in [-0.25, -0.2) is 0 Å². The van der Waals surface area contributed by atoms with Crippen molar-refractivity contribution in [2.45, 2.75) is 268 Å². The molecule has 7 rings (SSSR count). The van der Waals surface area contributed by atoms with Gasteiger partial charge < -0.3 is 14.4 Å². The quantitative estimate of drug-likeness (QED) is 0.0291. The maximum absolute atomic E-state index is 16.1. The summed E-state index contributed by atoms with van der Waals surface area (Å²) in [7, 11) is 0. The largest absolute Gasteiger partial charge is 0.340 e. The van der Waals surface area contributed by atoms with E-state index in [9.17, 15) is 10.5 Å². The fourth-order valence-electron chi connectivity index (χ4n) is 13.2. The van der Waals surface area contributed by atoms with Gasteiger partial charge in [-0.2, -0.15) is 10.5 Å². The fourth-order valence-corrected chi connectivity index (χ4v) is 15.4. The molecule has 5 heterocycles. The van der Waals surface area contributed by atoms with Crippen LogP contribution in [0.1, 0.15) is 287 Å². The third-order valence-corrected chi connectivity index (χ3v) is 21.1. The van der Waals surface area contributed by atoms with Gasteiger partial charge in [0.2, 0.25) is 0 Å². The van der Waals surface area contributed by atoms with Crippen molar-refractivity contribution in [3.8, 4) is 12.1 Å². The van der Waals surface area contributed by atoms with Gasteiger partial charge >= 0.3 is 0 Å². The third kappa shape index (κ3) is 18.3. The maximum atomic E-state index is 16.1. The highest BCUT2D eigenvalue weighted by Gasteiger charge is 2.50. The van der Waals surface area contributed by atoms with Crippen molar-refractivity contribution in [2.75, 3.05) is 13.1 Å². The summed E-state index contributed by atoms with van der Waals surface area (Å²) in [5.74, 6) is 0.548. The molecule has 0 spiro atoms. The molecule has 7 nitrogen and oxygen atoms in total. The highest BCUT2D eigenvalue weighted by molar-refractivity contribution is 7.14. The zero-order valence-electron chi connectivity index (χ0n) is 55.9. The van der Waals surface area contributed by atoms with E-state index in [1.807, 2.05) is 17.1 Å². The summed E-state index contributed by atoms with van der Waals surface area (Å²) in [6.45, 7) is 26.4. The van der Waals surface area contributed by atoms with E-state index in [0.717, 1.165) is 131 Å². The number of allylic oxidation sites excluding steroid dienone is 2. The standard InChI is InChI=1S/C78H109N5O2S2/c1-12-17-22-27-29-33-38-57(36-31-24-19-14-3)55-82-73(71-72(76(82)85)74(69-46-47-70(87-69)78(9,10)11)83(75(71)84)56-58(37-32-25-20-15-4)39-34-30-28-23-18-13-2)68-45-44-67(86-68)61(53-79)49-59-40-42-63-64-43-41-60(50-62(54-80)77(6,7)8)52-66(64)81(65(63)51-59)48-35-26-21-16-5/h40-47,49-52,57-58H,12-39,48,55-56H2,1-11H3/b61-49+,62-50+. The molecule has 2 amide bonds. The molecule has 0 bridgehead atoms. The van der Waals surface area contributed by atoms with Crippen LogP contribution in [0.3, 0.4) is 0 Å². The predicted octanol–water partition coefficient (Wildman–Crippen LogP) is 23.3. The van der Waals surface area contributed by atoms with Crippen molar-refractivity contribution in [2.24, 2.45) is 17.3 Å². The molecule has 2 aromatic carbocycles. The third-order valence-electron chi connectivity index (χ3n) is 18.4. The number of carbonyl (C=O) groups excluding carboxylic acids is 2. The van der Waals surface area contributed by atoms with Crippen LogP contribution in [0, 0.1) is 39.9 Å². The Balaban J connectivity index is 1.35. The van der Waals surface area contributed by atoms with Gasteiger partial charge in [0.25, 0.3) is 11.8 Å². The lowest BCUT2D eigenvalue weighted by atomic mass is 9.86. The van der Waals surface area contributed by atoms with Crippen LogP contribution >= 0.6 is 22.7 Å². The highest BCUT2D eigenvalue weighted by Crippen LogP contribution is 2.51. The van der Waals surface area contributed by atoms with Gasteiger partial charge in [0.05, 0.1) is 43.9 Å². The molecule has 0 saturated heterocycles. The Morgan fingerprint density at radius 2 is 0.908 bits per heavy atom. The number of hydrogen-bond donors (Lipinski definition) is 0. The first-order chi connectivity index (χ1) is 42.0. The Hall–Kier alpha value is -5.48. The highest BCUT2D eigenvalue weighted by atomic mass is 32.1. The lowest BCUT2D eigenvalue weighted by Gasteiger charge is -2.29. The summed E-state index contributed by atoms with van der Waals surface area (Å²) in [5, 5.41) is 23.6. The van der Waals surface area contributed by atoms with Gasteiger partial charge in [-0.3, -0.25) is 9.59 Å². The zero-order valence-corrected chi connectivity index (χ0v) is 57.5. The van der Waals surface area contributed by atoms with Crippen molar-refractivity contribution in [1.82, 2.24) is 14.4 Å². The maximum Gasteiger partial charge on any atom is 0.261 e. The number of nitriles is 2. The molecule has 0 aliphatic carbocycles. The van der Waals surface area contributed by atoms with Crippen LogP contribution in [0.5, 0.6) is 0 Å². The number of nitrogens with zero attached hydrogens (tertiary/aromatic N) is 5. The van der Waals surface area contributed by atoms with E-state index in [1.165, 1.54) is 125 Å². The van der Waals surface area contributed by atoms with Crippen molar-refractivity contribution >= 4 is 85.4 Å². The van der Waals surface area contributed by atoms with E-state index in [-0.39, 0.29) is 22.6 Å². The summed E-state index contributed by atoms with van der Waals surface area (Å²) in [5.41, 5.74) is 7.88. The second-order valence-corrected chi connectivity index (χ2v) is 29.9. The Morgan fingerprint density at radius 3 is 1.33 bits per heavy atom. The Bertz CT molecular complexity index is 3270. The van der Waals surface area contributed by atoms with E-state index in [0.29, 0.717) is 41.6 Å². The number of aromatic nitrogens is 1. The number of aryl methyl sites for hydroxylation is 1. The number of thiophene rings is 2. The van der Waals surface area contributed by atoms with Crippen LogP contribution in [0.4, 0.5) is 0 Å². The molecule has 470 valence electrons. The molecular weight excluding hydrogens is 1100 g/mol. The normalized spacial score (nSPS) is 15.0. The molecule has 2 aliphatic heterocycles. The molecule has 0 radical (unpaired) electrons.